The van der Waals surface area contributed by atoms with Gasteiger partial charge in [-0.1, -0.05) is 18.2 Å². The summed E-state index contributed by atoms with van der Waals surface area (Å²) in [5.74, 6) is 0.492. The Morgan fingerprint density at radius 3 is 2.50 bits per heavy atom. The Kier molecular flexibility index (Phi) is 8.46. The lowest BCUT2D eigenvalue weighted by Gasteiger charge is -2.36. The molecule has 0 bridgehead atoms. The molecule has 1 aromatic heterocycles. The van der Waals surface area contributed by atoms with Crippen molar-refractivity contribution in [3.05, 3.63) is 72.6 Å². The van der Waals surface area contributed by atoms with E-state index in [1.54, 1.807) is 16.7 Å². The van der Waals surface area contributed by atoms with Crippen molar-refractivity contribution in [3.63, 3.8) is 0 Å². The van der Waals surface area contributed by atoms with Crippen molar-refractivity contribution in [2.75, 3.05) is 61.5 Å². The molecule has 9 nitrogen and oxygen atoms in total. The minimum absolute atomic E-state index is 0.130. The number of benzene rings is 2. The van der Waals surface area contributed by atoms with E-state index in [4.69, 9.17) is 9.47 Å². The summed E-state index contributed by atoms with van der Waals surface area (Å²) < 4.78 is 12.7. The van der Waals surface area contributed by atoms with Crippen molar-refractivity contribution >= 4 is 29.1 Å². The van der Waals surface area contributed by atoms with Crippen LogP contribution in [0.2, 0.25) is 0 Å². The zero-order valence-corrected chi connectivity index (χ0v) is 20.8. The molecule has 1 fully saturated rings. The van der Waals surface area contributed by atoms with Crippen LogP contribution in [0.25, 0.3) is 0 Å². The quantitative estimate of drug-likeness (QED) is 0.470. The maximum absolute atomic E-state index is 12.5. The van der Waals surface area contributed by atoms with E-state index in [-0.39, 0.29) is 5.91 Å². The second kappa shape index (κ2) is 12.1. The zero-order valence-electron chi connectivity index (χ0n) is 20.8. The number of hydrogen-bond donors (Lipinski definition) is 2. The van der Waals surface area contributed by atoms with Gasteiger partial charge < -0.3 is 24.3 Å². The number of anilines is 3. The molecule has 2 aromatic carbocycles. The molecule has 2 N–H and O–H groups in total. The number of aryl methyl sites for hydroxylation is 1. The summed E-state index contributed by atoms with van der Waals surface area (Å²) in [5.41, 5.74) is 3.05. The van der Waals surface area contributed by atoms with Crippen LogP contribution in [0.3, 0.4) is 0 Å². The predicted molar refractivity (Wildman–Crippen MR) is 141 cm³/mol. The molecule has 1 aliphatic heterocycles. The molecule has 0 spiro atoms. The van der Waals surface area contributed by atoms with Gasteiger partial charge in [0.2, 0.25) is 0 Å². The van der Waals surface area contributed by atoms with Gasteiger partial charge in [-0.3, -0.25) is 15.0 Å². The Morgan fingerprint density at radius 1 is 0.944 bits per heavy atom. The first kappa shape index (κ1) is 25.1. The van der Waals surface area contributed by atoms with E-state index in [2.05, 4.69) is 26.5 Å². The highest BCUT2D eigenvalue weighted by Gasteiger charge is 2.18. The summed E-state index contributed by atoms with van der Waals surface area (Å²) in [6.45, 7) is 6.81. The topological polar surface area (TPSA) is 88.1 Å². The number of ether oxygens (including phenoxy) is 2. The third kappa shape index (κ3) is 6.57. The number of aromatic nitrogens is 1. The van der Waals surface area contributed by atoms with Gasteiger partial charge in [-0.15, -0.1) is 0 Å². The molecule has 190 valence electrons. The number of hydrogen-bond acceptors (Lipinski definition) is 6. The molecule has 2 heterocycles. The van der Waals surface area contributed by atoms with Gasteiger partial charge in [-0.25, -0.2) is 4.79 Å². The largest absolute Gasteiger partial charge is 0.492 e. The van der Waals surface area contributed by atoms with E-state index in [0.29, 0.717) is 36.9 Å². The van der Waals surface area contributed by atoms with Crippen LogP contribution in [-0.2, 0) is 11.8 Å². The lowest BCUT2D eigenvalue weighted by Crippen LogP contribution is -2.47. The molecule has 1 saturated heterocycles. The monoisotopic (exact) mass is 491 g/mol. The van der Waals surface area contributed by atoms with Crippen molar-refractivity contribution in [2.24, 2.45) is 7.05 Å². The van der Waals surface area contributed by atoms with Crippen LogP contribution in [0.4, 0.5) is 21.9 Å². The number of nitrogens with one attached hydrogen (secondary N) is 2. The van der Waals surface area contributed by atoms with Gasteiger partial charge in [0.15, 0.2) is 0 Å². The van der Waals surface area contributed by atoms with E-state index in [9.17, 15) is 9.59 Å². The van der Waals surface area contributed by atoms with E-state index in [0.717, 1.165) is 37.6 Å². The number of rotatable bonds is 9. The third-order valence-corrected chi connectivity index (χ3v) is 6.08. The number of carbonyl (C=O) groups excluding carboxylic acids is 2. The van der Waals surface area contributed by atoms with Crippen molar-refractivity contribution < 1.29 is 19.1 Å². The number of piperazine rings is 1. The van der Waals surface area contributed by atoms with Crippen molar-refractivity contribution in [2.45, 2.75) is 6.92 Å². The molecule has 36 heavy (non-hydrogen) atoms. The number of amides is 2. The molecular weight excluding hydrogens is 458 g/mol. The van der Waals surface area contributed by atoms with E-state index in [1.165, 1.54) is 0 Å². The van der Waals surface area contributed by atoms with Crippen LogP contribution in [0, 0.1) is 0 Å². The average Bonchev–Trinajstić information content (AvgIpc) is 3.32. The highest BCUT2D eigenvalue weighted by Crippen LogP contribution is 2.24. The Hall–Kier alpha value is -3.98. The van der Waals surface area contributed by atoms with Crippen LogP contribution in [0.15, 0.2) is 66.9 Å². The minimum Gasteiger partial charge on any atom is -0.492 e. The molecule has 0 saturated carbocycles. The van der Waals surface area contributed by atoms with Gasteiger partial charge in [0, 0.05) is 57.3 Å². The number of nitrogens with zero attached hydrogens (tertiary/aromatic N) is 3. The average molecular weight is 492 g/mol. The highest BCUT2D eigenvalue weighted by molar-refractivity contribution is 6.03. The minimum atomic E-state index is -0.491. The summed E-state index contributed by atoms with van der Waals surface area (Å²) in [6, 6.07) is 18.9. The lowest BCUT2D eigenvalue weighted by molar-refractivity contribution is 0.101. The van der Waals surface area contributed by atoms with Gasteiger partial charge in [-0.05, 0) is 49.4 Å². The van der Waals surface area contributed by atoms with E-state index in [1.807, 2.05) is 62.6 Å². The fraction of sp³-hybridized carbons (Fsp3) is 0.333. The van der Waals surface area contributed by atoms with E-state index < -0.39 is 6.09 Å². The molecule has 0 atom stereocenters. The molecule has 1 aliphatic rings. The fourth-order valence-electron chi connectivity index (χ4n) is 4.17. The van der Waals surface area contributed by atoms with Gasteiger partial charge in [0.25, 0.3) is 5.91 Å². The second-order valence-corrected chi connectivity index (χ2v) is 8.53. The first-order chi connectivity index (χ1) is 17.5. The Bertz CT molecular complexity index is 1170. The normalized spacial score (nSPS) is 13.8. The van der Waals surface area contributed by atoms with Gasteiger partial charge in [0.1, 0.15) is 18.1 Å². The zero-order chi connectivity index (χ0) is 25.3. The van der Waals surface area contributed by atoms with Crippen LogP contribution >= 0.6 is 0 Å². The smallest absolute Gasteiger partial charge is 0.411 e. The molecule has 0 aliphatic carbocycles. The van der Waals surface area contributed by atoms with Crippen LogP contribution < -0.4 is 20.3 Å². The van der Waals surface area contributed by atoms with Crippen molar-refractivity contribution in [1.82, 2.24) is 9.47 Å². The number of carbonyl (C=O) groups is 2. The Balaban J connectivity index is 1.20. The van der Waals surface area contributed by atoms with Crippen LogP contribution in [-0.4, -0.2) is 67.4 Å². The molecule has 3 aromatic rings. The SMILES string of the molecule is CCOc1ccccc1NC(=O)OCCN1CCN(c2cccc(NC(=O)c3cccn3C)c2)CC1. The molecule has 4 rings (SSSR count). The molecule has 0 unspecified atom stereocenters. The summed E-state index contributed by atoms with van der Waals surface area (Å²) in [6.07, 6.45) is 1.36. The van der Waals surface area contributed by atoms with E-state index >= 15 is 0 Å². The van der Waals surface area contributed by atoms with Crippen LogP contribution in [0.5, 0.6) is 5.75 Å². The predicted octanol–water partition coefficient (Wildman–Crippen LogP) is 4.05. The van der Waals surface area contributed by atoms with Crippen molar-refractivity contribution in [3.8, 4) is 5.75 Å². The van der Waals surface area contributed by atoms with Crippen LogP contribution in [0.1, 0.15) is 17.4 Å². The molecular formula is C27H33N5O4. The summed E-state index contributed by atoms with van der Waals surface area (Å²) in [4.78, 5) is 29.3. The molecule has 9 heteroatoms. The first-order valence-electron chi connectivity index (χ1n) is 12.2. The highest BCUT2D eigenvalue weighted by atomic mass is 16.5. The Morgan fingerprint density at radius 2 is 1.75 bits per heavy atom. The maximum Gasteiger partial charge on any atom is 0.411 e. The third-order valence-electron chi connectivity index (χ3n) is 6.08. The molecule has 2 amide bonds. The van der Waals surface area contributed by atoms with Crippen molar-refractivity contribution in [1.29, 1.82) is 0 Å². The van der Waals surface area contributed by atoms with Gasteiger partial charge >= 0.3 is 6.09 Å². The lowest BCUT2D eigenvalue weighted by atomic mass is 10.2. The maximum atomic E-state index is 12.5. The number of para-hydroxylation sites is 2. The van der Waals surface area contributed by atoms with Gasteiger partial charge in [0.05, 0.1) is 12.3 Å². The standard InChI is InChI=1S/C27H33N5O4/c1-3-35-25-12-5-4-10-23(25)29-27(34)36-19-18-31-14-16-32(17-15-31)22-9-6-8-21(20-22)28-26(33)24-11-7-13-30(24)2/h4-13,20H,3,14-19H2,1-2H3,(H,28,33)(H,29,34). The summed E-state index contributed by atoms with van der Waals surface area (Å²) >= 11 is 0. The summed E-state index contributed by atoms with van der Waals surface area (Å²) in [5, 5.41) is 5.73. The Labute approximate surface area is 211 Å². The first-order valence-corrected chi connectivity index (χ1v) is 12.2. The second-order valence-electron chi connectivity index (χ2n) is 8.53. The van der Waals surface area contributed by atoms with Gasteiger partial charge in [-0.2, -0.15) is 0 Å². The fourth-order valence-corrected chi connectivity index (χ4v) is 4.17. The summed E-state index contributed by atoms with van der Waals surface area (Å²) in [7, 11) is 1.85. The molecule has 0 radical (unpaired) electrons.